The Morgan fingerprint density at radius 1 is 1.15 bits per heavy atom. The monoisotopic (exact) mass is 189 g/mol. The first-order valence-electron chi connectivity index (χ1n) is 5.23. The number of rotatable bonds is 4. The van der Waals surface area contributed by atoms with Crippen LogP contribution >= 0.6 is 0 Å². The van der Waals surface area contributed by atoms with Crippen molar-refractivity contribution in [2.45, 2.75) is 44.1 Å². The van der Waals surface area contributed by atoms with Gasteiger partial charge in [0, 0.05) is 6.54 Å². The molecule has 78 valence electrons. The van der Waals surface area contributed by atoms with Crippen LogP contribution in [0.5, 0.6) is 0 Å². The van der Waals surface area contributed by atoms with Crippen LogP contribution in [0.2, 0.25) is 0 Å². The summed E-state index contributed by atoms with van der Waals surface area (Å²) in [7, 11) is 0. The lowest BCUT2D eigenvalue weighted by molar-refractivity contribution is -0.0536. The first-order valence-corrected chi connectivity index (χ1v) is 5.23. The van der Waals surface area contributed by atoms with Gasteiger partial charge in [0.2, 0.25) is 0 Å². The molecule has 1 aliphatic carbocycles. The smallest absolute Gasteiger partial charge is 0.113 e. The second-order valence-corrected chi connectivity index (χ2v) is 3.84. The van der Waals surface area contributed by atoms with Crippen molar-refractivity contribution in [3.8, 4) is 0 Å². The summed E-state index contributed by atoms with van der Waals surface area (Å²) in [5.74, 6) is 0. The van der Waals surface area contributed by atoms with Crippen LogP contribution in [0.4, 0.5) is 4.39 Å². The van der Waals surface area contributed by atoms with E-state index in [0.29, 0.717) is 6.54 Å². The van der Waals surface area contributed by atoms with Gasteiger partial charge in [-0.3, -0.25) is 0 Å². The van der Waals surface area contributed by atoms with Crippen LogP contribution < -0.4 is 5.73 Å². The standard InChI is InChI=1S/C10H20FNO/c11-7-8-13-10(9-12)5-3-1-2-4-6-10/h1-9,12H2. The second kappa shape index (κ2) is 5.55. The Morgan fingerprint density at radius 3 is 2.23 bits per heavy atom. The van der Waals surface area contributed by atoms with Crippen molar-refractivity contribution < 1.29 is 9.13 Å². The molecule has 1 saturated carbocycles. The number of ether oxygens (including phenoxy) is 1. The van der Waals surface area contributed by atoms with Gasteiger partial charge >= 0.3 is 0 Å². The fourth-order valence-corrected chi connectivity index (χ4v) is 2.04. The summed E-state index contributed by atoms with van der Waals surface area (Å²) in [4.78, 5) is 0. The van der Waals surface area contributed by atoms with Crippen molar-refractivity contribution in [2.75, 3.05) is 19.8 Å². The third kappa shape index (κ3) is 3.24. The molecule has 2 nitrogen and oxygen atoms in total. The average Bonchev–Trinajstić information content (AvgIpc) is 2.41. The van der Waals surface area contributed by atoms with Gasteiger partial charge in [-0.15, -0.1) is 0 Å². The van der Waals surface area contributed by atoms with Crippen LogP contribution in [0.3, 0.4) is 0 Å². The number of hydrogen-bond donors (Lipinski definition) is 1. The highest BCUT2D eigenvalue weighted by molar-refractivity contribution is 4.84. The lowest BCUT2D eigenvalue weighted by Gasteiger charge is -2.31. The predicted molar refractivity (Wildman–Crippen MR) is 51.4 cm³/mol. The molecule has 13 heavy (non-hydrogen) atoms. The van der Waals surface area contributed by atoms with E-state index in [0.717, 1.165) is 12.8 Å². The zero-order valence-corrected chi connectivity index (χ0v) is 8.23. The summed E-state index contributed by atoms with van der Waals surface area (Å²) >= 11 is 0. The maximum Gasteiger partial charge on any atom is 0.113 e. The van der Waals surface area contributed by atoms with Gasteiger partial charge in [-0.05, 0) is 12.8 Å². The van der Waals surface area contributed by atoms with E-state index in [1.54, 1.807) is 0 Å². The van der Waals surface area contributed by atoms with Crippen LogP contribution in [0.25, 0.3) is 0 Å². The highest BCUT2D eigenvalue weighted by atomic mass is 19.1. The summed E-state index contributed by atoms with van der Waals surface area (Å²) in [6, 6.07) is 0. The van der Waals surface area contributed by atoms with Gasteiger partial charge < -0.3 is 10.5 Å². The van der Waals surface area contributed by atoms with Crippen LogP contribution in [-0.4, -0.2) is 25.4 Å². The molecule has 1 fully saturated rings. The summed E-state index contributed by atoms with van der Waals surface area (Å²) < 4.78 is 17.5. The van der Waals surface area contributed by atoms with Gasteiger partial charge in [0.05, 0.1) is 12.2 Å². The highest BCUT2D eigenvalue weighted by Gasteiger charge is 2.29. The van der Waals surface area contributed by atoms with Crippen molar-refractivity contribution in [1.82, 2.24) is 0 Å². The van der Waals surface area contributed by atoms with Gasteiger partial charge in [0.1, 0.15) is 6.67 Å². The van der Waals surface area contributed by atoms with Crippen LogP contribution in [0.15, 0.2) is 0 Å². The molecule has 0 spiro atoms. The quantitative estimate of drug-likeness (QED) is 0.687. The van der Waals surface area contributed by atoms with Crippen molar-refractivity contribution in [3.63, 3.8) is 0 Å². The zero-order chi connectivity index (χ0) is 9.57. The number of nitrogens with two attached hydrogens (primary N) is 1. The Morgan fingerprint density at radius 2 is 1.77 bits per heavy atom. The van der Waals surface area contributed by atoms with Gasteiger partial charge in [-0.1, -0.05) is 25.7 Å². The predicted octanol–water partition coefficient (Wildman–Crippen LogP) is 2.02. The molecular weight excluding hydrogens is 169 g/mol. The molecule has 0 aromatic rings. The molecule has 0 bridgehead atoms. The van der Waals surface area contributed by atoms with Crippen LogP contribution in [-0.2, 0) is 4.74 Å². The van der Waals surface area contributed by atoms with Crippen molar-refractivity contribution in [3.05, 3.63) is 0 Å². The molecule has 0 aromatic heterocycles. The largest absolute Gasteiger partial charge is 0.371 e. The number of halogens is 1. The molecule has 0 heterocycles. The van der Waals surface area contributed by atoms with Crippen molar-refractivity contribution in [1.29, 1.82) is 0 Å². The van der Waals surface area contributed by atoms with Crippen molar-refractivity contribution in [2.24, 2.45) is 5.73 Å². The third-order valence-electron chi connectivity index (χ3n) is 2.87. The molecular formula is C10H20FNO. The van der Waals surface area contributed by atoms with E-state index in [9.17, 15) is 4.39 Å². The van der Waals surface area contributed by atoms with Gasteiger partial charge in [-0.25, -0.2) is 4.39 Å². The molecule has 3 heteroatoms. The van der Waals surface area contributed by atoms with Gasteiger partial charge in [0.15, 0.2) is 0 Å². The summed E-state index contributed by atoms with van der Waals surface area (Å²) in [5.41, 5.74) is 5.50. The minimum Gasteiger partial charge on any atom is -0.371 e. The van der Waals surface area contributed by atoms with E-state index in [1.807, 2.05) is 0 Å². The Labute approximate surface area is 79.6 Å². The zero-order valence-electron chi connectivity index (χ0n) is 8.23. The fourth-order valence-electron chi connectivity index (χ4n) is 2.04. The SMILES string of the molecule is NCC1(OCCF)CCCCCC1. The molecule has 0 aliphatic heterocycles. The Bertz CT molecular complexity index is 133. The molecule has 0 aromatic carbocycles. The second-order valence-electron chi connectivity index (χ2n) is 3.84. The Hall–Kier alpha value is -0.150. The molecule has 0 unspecified atom stereocenters. The fraction of sp³-hybridized carbons (Fsp3) is 1.00. The first-order chi connectivity index (χ1) is 6.33. The highest BCUT2D eigenvalue weighted by Crippen LogP contribution is 2.29. The molecule has 0 radical (unpaired) electrons. The summed E-state index contributed by atoms with van der Waals surface area (Å²) in [6.45, 7) is 0.339. The van der Waals surface area contributed by atoms with E-state index in [-0.39, 0.29) is 12.2 Å². The maximum atomic E-state index is 12.0. The van der Waals surface area contributed by atoms with E-state index in [4.69, 9.17) is 10.5 Å². The average molecular weight is 189 g/mol. The number of hydrogen-bond acceptors (Lipinski definition) is 2. The first kappa shape index (κ1) is 10.9. The van der Waals surface area contributed by atoms with E-state index in [1.165, 1.54) is 25.7 Å². The van der Waals surface area contributed by atoms with Crippen LogP contribution in [0, 0.1) is 0 Å². The number of alkyl halides is 1. The Balaban J connectivity index is 2.43. The molecule has 1 rings (SSSR count). The Kier molecular flexibility index (Phi) is 4.67. The van der Waals surface area contributed by atoms with E-state index < -0.39 is 6.67 Å². The van der Waals surface area contributed by atoms with Crippen molar-refractivity contribution >= 4 is 0 Å². The lowest BCUT2D eigenvalue weighted by Crippen LogP contribution is -2.40. The summed E-state index contributed by atoms with van der Waals surface area (Å²) in [5, 5.41) is 0. The molecule has 0 saturated heterocycles. The normalized spacial score (nSPS) is 22.6. The maximum absolute atomic E-state index is 12.0. The van der Waals surface area contributed by atoms with Gasteiger partial charge in [-0.2, -0.15) is 0 Å². The molecule has 2 N–H and O–H groups in total. The molecule has 1 aliphatic rings. The molecule has 0 amide bonds. The van der Waals surface area contributed by atoms with E-state index >= 15 is 0 Å². The third-order valence-corrected chi connectivity index (χ3v) is 2.87. The summed E-state index contributed by atoms with van der Waals surface area (Å²) in [6.07, 6.45) is 6.88. The lowest BCUT2D eigenvalue weighted by atomic mass is 9.94. The van der Waals surface area contributed by atoms with Crippen LogP contribution in [0.1, 0.15) is 38.5 Å². The van der Waals surface area contributed by atoms with Gasteiger partial charge in [0.25, 0.3) is 0 Å². The van der Waals surface area contributed by atoms with E-state index in [2.05, 4.69) is 0 Å². The topological polar surface area (TPSA) is 35.2 Å². The minimum absolute atomic E-state index is 0.206. The minimum atomic E-state index is -0.401. The molecule has 0 atom stereocenters.